The number of hydrogen-bond donors (Lipinski definition) is 2. The van der Waals surface area contributed by atoms with E-state index in [0.717, 1.165) is 12.0 Å². The van der Waals surface area contributed by atoms with E-state index in [-0.39, 0.29) is 11.9 Å². The summed E-state index contributed by atoms with van der Waals surface area (Å²) in [7, 11) is 0. The number of nitrogens with one attached hydrogen (secondary N) is 1. The number of carbonyl (C=O) groups is 1. The Balaban J connectivity index is 2.82. The third-order valence-electron chi connectivity index (χ3n) is 3.54. The fraction of sp³-hybridized carbons (Fsp3) is 0.562. The van der Waals surface area contributed by atoms with E-state index in [1.54, 1.807) is 6.92 Å². The second-order valence-corrected chi connectivity index (χ2v) is 5.72. The summed E-state index contributed by atoms with van der Waals surface area (Å²) >= 11 is 0. The van der Waals surface area contributed by atoms with E-state index < -0.39 is 5.54 Å². The Morgan fingerprint density at radius 2 is 2.05 bits per heavy atom. The minimum Gasteiger partial charge on any atom is -0.348 e. The van der Waals surface area contributed by atoms with Crippen LogP contribution in [0.3, 0.4) is 0 Å². The molecule has 0 spiro atoms. The number of hydrogen-bond acceptors (Lipinski definition) is 2. The Bertz CT molecular complexity index is 452. The summed E-state index contributed by atoms with van der Waals surface area (Å²) in [5, 5.41) is 3.03. The van der Waals surface area contributed by atoms with Crippen LogP contribution in [0.5, 0.6) is 0 Å². The number of aryl methyl sites for hydroxylation is 2. The summed E-state index contributed by atoms with van der Waals surface area (Å²) in [5.74, 6) is -0.0808. The van der Waals surface area contributed by atoms with Gasteiger partial charge in [-0.2, -0.15) is 0 Å². The van der Waals surface area contributed by atoms with E-state index in [4.69, 9.17) is 5.73 Å². The Labute approximate surface area is 116 Å². The van der Waals surface area contributed by atoms with Crippen LogP contribution in [0, 0.1) is 13.8 Å². The van der Waals surface area contributed by atoms with Gasteiger partial charge in [0.1, 0.15) is 0 Å². The molecule has 0 bridgehead atoms. The minimum absolute atomic E-state index is 0.0212. The molecule has 0 fully saturated rings. The van der Waals surface area contributed by atoms with E-state index in [0.29, 0.717) is 6.42 Å². The maximum absolute atomic E-state index is 12.2. The Morgan fingerprint density at radius 1 is 1.42 bits per heavy atom. The molecule has 19 heavy (non-hydrogen) atoms. The van der Waals surface area contributed by atoms with Gasteiger partial charge in [0.15, 0.2) is 0 Å². The molecule has 0 heterocycles. The highest BCUT2D eigenvalue weighted by Gasteiger charge is 2.28. The van der Waals surface area contributed by atoms with Crippen molar-refractivity contribution in [3.8, 4) is 0 Å². The number of nitrogens with two attached hydrogens (primary N) is 1. The Hall–Kier alpha value is -1.35. The van der Waals surface area contributed by atoms with Crippen LogP contribution in [0.25, 0.3) is 0 Å². The van der Waals surface area contributed by atoms with Gasteiger partial charge in [0.2, 0.25) is 5.91 Å². The van der Waals surface area contributed by atoms with E-state index in [1.807, 2.05) is 13.8 Å². The molecule has 0 aliphatic carbocycles. The zero-order valence-corrected chi connectivity index (χ0v) is 12.7. The average molecular weight is 262 g/mol. The molecular weight excluding hydrogens is 236 g/mol. The molecule has 1 amide bonds. The molecule has 2 atom stereocenters. The molecule has 3 heteroatoms. The summed E-state index contributed by atoms with van der Waals surface area (Å²) in [5.41, 5.74) is 8.80. The van der Waals surface area contributed by atoms with E-state index in [9.17, 15) is 4.79 Å². The van der Waals surface area contributed by atoms with Crippen molar-refractivity contribution in [2.75, 3.05) is 0 Å². The van der Waals surface area contributed by atoms with Crippen LogP contribution in [-0.4, -0.2) is 11.4 Å². The molecule has 0 aliphatic rings. The van der Waals surface area contributed by atoms with Gasteiger partial charge in [-0.1, -0.05) is 37.1 Å². The standard InChI is InChI=1S/C16H26N2O/c1-6-9-16(5,17)15(19)18-13(4)14-10-11(2)7-8-12(14)3/h7-8,10,13H,6,9,17H2,1-5H3,(H,18,19). The maximum Gasteiger partial charge on any atom is 0.240 e. The number of carbonyl (C=O) groups excluding carboxylic acids is 1. The monoisotopic (exact) mass is 262 g/mol. The van der Waals surface area contributed by atoms with Gasteiger partial charge in [0.25, 0.3) is 0 Å². The Morgan fingerprint density at radius 3 is 2.63 bits per heavy atom. The molecule has 1 rings (SSSR count). The van der Waals surface area contributed by atoms with Crippen molar-refractivity contribution in [1.29, 1.82) is 0 Å². The van der Waals surface area contributed by atoms with Crippen molar-refractivity contribution < 1.29 is 4.79 Å². The summed E-state index contributed by atoms with van der Waals surface area (Å²) < 4.78 is 0. The van der Waals surface area contributed by atoms with Crippen LogP contribution in [0.4, 0.5) is 0 Å². The van der Waals surface area contributed by atoms with Gasteiger partial charge < -0.3 is 11.1 Å². The molecule has 0 saturated heterocycles. The van der Waals surface area contributed by atoms with Crippen molar-refractivity contribution in [3.63, 3.8) is 0 Å². The lowest BCUT2D eigenvalue weighted by Gasteiger charge is -2.26. The zero-order chi connectivity index (χ0) is 14.6. The number of rotatable bonds is 5. The smallest absolute Gasteiger partial charge is 0.240 e. The summed E-state index contributed by atoms with van der Waals surface area (Å²) in [6.45, 7) is 9.95. The van der Waals surface area contributed by atoms with Crippen molar-refractivity contribution in [3.05, 3.63) is 34.9 Å². The van der Waals surface area contributed by atoms with Crippen LogP contribution in [0.2, 0.25) is 0 Å². The summed E-state index contributed by atoms with van der Waals surface area (Å²) in [6.07, 6.45) is 1.59. The zero-order valence-electron chi connectivity index (χ0n) is 12.7. The topological polar surface area (TPSA) is 55.1 Å². The average Bonchev–Trinajstić information content (AvgIpc) is 2.32. The van der Waals surface area contributed by atoms with E-state index in [2.05, 4.69) is 37.4 Å². The predicted octanol–water partition coefficient (Wildman–Crippen LogP) is 3.00. The first kappa shape index (κ1) is 15.7. The van der Waals surface area contributed by atoms with E-state index >= 15 is 0 Å². The fourth-order valence-corrected chi connectivity index (χ4v) is 2.30. The van der Waals surface area contributed by atoms with Crippen LogP contribution in [0.1, 0.15) is 56.3 Å². The van der Waals surface area contributed by atoms with Crippen LogP contribution >= 0.6 is 0 Å². The third kappa shape index (κ3) is 4.06. The summed E-state index contributed by atoms with van der Waals surface area (Å²) in [6, 6.07) is 6.26. The summed E-state index contributed by atoms with van der Waals surface area (Å²) in [4.78, 5) is 12.2. The molecule has 0 aromatic heterocycles. The third-order valence-corrected chi connectivity index (χ3v) is 3.54. The highest BCUT2D eigenvalue weighted by atomic mass is 16.2. The van der Waals surface area contributed by atoms with Gasteiger partial charge in [0, 0.05) is 0 Å². The Kier molecular flexibility index (Phi) is 5.12. The number of amides is 1. The first-order valence-electron chi connectivity index (χ1n) is 6.95. The molecule has 3 nitrogen and oxygen atoms in total. The molecule has 1 aromatic carbocycles. The minimum atomic E-state index is -0.791. The first-order valence-corrected chi connectivity index (χ1v) is 6.95. The second-order valence-electron chi connectivity index (χ2n) is 5.72. The predicted molar refractivity (Wildman–Crippen MR) is 80.0 cm³/mol. The fourth-order valence-electron chi connectivity index (χ4n) is 2.30. The van der Waals surface area contributed by atoms with Crippen LogP contribution < -0.4 is 11.1 Å². The van der Waals surface area contributed by atoms with Crippen molar-refractivity contribution in [1.82, 2.24) is 5.32 Å². The van der Waals surface area contributed by atoms with Crippen molar-refractivity contribution in [2.24, 2.45) is 5.73 Å². The number of benzene rings is 1. The van der Waals surface area contributed by atoms with Gasteiger partial charge in [0.05, 0.1) is 11.6 Å². The molecule has 0 aliphatic heterocycles. The molecule has 1 aromatic rings. The maximum atomic E-state index is 12.2. The van der Waals surface area contributed by atoms with Crippen molar-refractivity contribution in [2.45, 2.75) is 59.0 Å². The van der Waals surface area contributed by atoms with E-state index in [1.165, 1.54) is 11.1 Å². The lowest BCUT2D eigenvalue weighted by atomic mass is 9.94. The van der Waals surface area contributed by atoms with Gasteiger partial charge >= 0.3 is 0 Å². The second kappa shape index (κ2) is 6.20. The first-order chi connectivity index (χ1) is 8.77. The molecule has 0 saturated carbocycles. The lowest BCUT2D eigenvalue weighted by molar-refractivity contribution is -0.126. The van der Waals surface area contributed by atoms with Crippen molar-refractivity contribution >= 4 is 5.91 Å². The molecule has 3 N–H and O–H groups in total. The van der Waals surface area contributed by atoms with Gasteiger partial charge in [-0.15, -0.1) is 0 Å². The highest BCUT2D eigenvalue weighted by Crippen LogP contribution is 2.20. The van der Waals surface area contributed by atoms with Crippen LogP contribution in [0.15, 0.2) is 18.2 Å². The molecular formula is C16H26N2O. The van der Waals surface area contributed by atoms with Crippen LogP contribution in [-0.2, 0) is 4.79 Å². The lowest BCUT2D eigenvalue weighted by Crippen LogP contribution is -2.52. The van der Waals surface area contributed by atoms with Gasteiger partial charge in [-0.3, -0.25) is 4.79 Å². The quantitative estimate of drug-likeness (QED) is 0.857. The molecule has 0 radical (unpaired) electrons. The van der Waals surface area contributed by atoms with Gasteiger partial charge in [-0.05, 0) is 45.2 Å². The SMILES string of the molecule is CCCC(C)(N)C(=O)NC(C)c1cc(C)ccc1C. The normalized spacial score (nSPS) is 15.7. The largest absolute Gasteiger partial charge is 0.348 e. The highest BCUT2D eigenvalue weighted by molar-refractivity contribution is 5.85. The molecule has 2 unspecified atom stereocenters. The van der Waals surface area contributed by atoms with Gasteiger partial charge in [-0.25, -0.2) is 0 Å². The molecule has 106 valence electrons.